The Labute approximate surface area is 144 Å². The Morgan fingerprint density at radius 3 is 2.33 bits per heavy atom. The van der Waals surface area contributed by atoms with E-state index >= 15 is 0 Å². The van der Waals surface area contributed by atoms with Crippen LogP contribution in [0.4, 0.5) is 11.4 Å². The molecule has 0 atom stereocenters. The van der Waals surface area contributed by atoms with Crippen LogP contribution in [0.1, 0.15) is 31.4 Å². The molecule has 2 rings (SSSR count). The zero-order valence-electron chi connectivity index (χ0n) is 14.7. The molecule has 0 saturated carbocycles. The van der Waals surface area contributed by atoms with Gasteiger partial charge < -0.3 is 15.4 Å². The maximum Gasteiger partial charge on any atom is 0.226 e. The van der Waals surface area contributed by atoms with E-state index in [4.69, 9.17) is 4.74 Å². The number of para-hydroxylation sites is 1. The summed E-state index contributed by atoms with van der Waals surface area (Å²) in [5, 5.41) is 6.34. The van der Waals surface area contributed by atoms with Crippen LogP contribution in [0, 0.1) is 0 Å². The first-order valence-corrected chi connectivity index (χ1v) is 8.46. The SMILES string of the molecule is CCc1cccc(CC)c1NCCC(=O)Nc1cccc(OC)c1. The Bertz CT molecular complexity index is 661. The fourth-order valence-corrected chi connectivity index (χ4v) is 2.69. The highest BCUT2D eigenvalue weighted by atomic mass is 16.5. The lowest BCUT2D eigenvalue weighted by Gasteiger charge is -2.15. The van der Waals surface area contributed by atoms with E-state index in [1.165, 1.54) is 16.8 Å². The lowest BCUT2D eigenvalue weighted by atomic mass is 10.0. The van der Waals surface area contributed by atoms with Gasteiger partial charge in [-0.25, -0.2) is 0 Å². The molecule has 4 nitrogen and oxygen atoms in total. The fraction of sp³-hybridized carbons (Fsp3) is 0.350. The maximum absolute atomic E-state index is 12.1. The van der Waals surface area contributed by atoms with E-state index in [-0.39, 0.29) is 5.91 Å². The highest BCUT2D eigenvalue weighted by Gasteiger charge is 2.07. The summed E-state index contributed by atoms with van der Waals surface area (Å²) in [6.07, 6.45) is 2.37. The molecule has 24 heavy (non-hydrogen) atoms. The molecule has 2 aromatic rings. The van der Waals surface area contributed by atoms with Crippen molar-refractivity contribution in [3.05, 3.63) is 53.6 Å². The van der Waals surface area contributed by atoms with Gasteiger partial charge >= 0.3 is 0 Å². The number of hydrogen-bond acceptors (Lipinski definition) is 3. The summed E-state index contributed by atoms with van der Waals surface area (Å²) in [6.45, 7) is 4.91. The number of ether oxygens (including phenoxy) is 1. The summed E-state index contributed by atoms with van der Waals surface area (Å²) >= 11 is 0. The van der Waals surface area contributed by atoms with Crippen molar-refractivity contribution >= 4 is 17.3 Å². The molecule has 4 heteroatoms. The van der Waals surface area contributed by atoms with Gasteiger partial charge in [0.25, 0.3) is 0 Å². The van der Waals surface area contributed by atoms with Crippen molar-refractivity contribution in [3.63, 3.8) is 0 Å². The summed E-state index contributed by atoms with van der Waals surface area (Å²) in [7, 11) is 1.61. The van der Waals surface area contributed by atoms with Crippen LogP contribution in [0.5, 0.6) is 5.75 Å². The second kappa shape index (κ2) is 8.96. The summed E-state index contributed by atoms with van der Waals surface area (Å²) in [4.78, 5) is 12.1. The van der Waals surface area contributed by atoms with E-state index in [1.54, 1.807) is 7.11 Å². The Hall–Kier alpha value is -2.49. The Kier molecular flexibility index (Phi) is 6.67. The van der Waals surface area contributed by atoms with Crippen LogP contribution < -0.4 is 15.4 Å². The number of carbonyl (C=O) groups excluding carboxylic acids is 1. The number of methoxy groups -OCH3 is 1. The Balaban J connectivity index is 1.91. The second-order valence-corrected chi connectivity index (χ2v) is 5.62. The molecule has 0 bridgehead atoms. The van der Waals surface area contributed by atoms with Crippen molar-refractivity contribution in [1.29, 1.82) is 0 Å². The number of carbonyl (C=O) groups is 1. The molecular weight excluding hydrogens is 300 g/mol. The van der Waals surface area contributed by atoms with Crippen molar-refractivity contribution in [2.45, 2.75) is 33.1 Å². The van der Waals surface area contributed by atoms with Crippen LogP contribution in [0.2, 0.25) is 0 Å². The summed E-state index contributed by atoms with van der Waals surface area (Å²) < 4.78 is 5.16. The number of aryl methyl sites for hydroxylation is 2. The maximum atomic E-state index is 12.1. The Morgan fingerprint density at radius 2 is 1.71 bits per heavy atom. The molecule has 0 aromatic heterocycles. The number of nitrogens with one attached hydrogen (secondary N) is 2. The van der Waals surface area contributed by atoms with Gasteiger partial charge in [-0.3, -0.25) is 4.79 Å². The molecular formula is C20H26N2O2. The molecule has 0 radical (unpaired) electrons. The molecule has 0 heterocycles. The topological polar surface area (TPSA) is 50.4 Å². The smallest absolute Gasteiger partial charge is 0.226 e. The van der Waals surface area contributed by atoms with Crippen molar-refractivity contribution in [2.24, 2.45) is 0 Å². The van der Waals surface area contributed by atoms with Gasteiger partial charge in [-0.2, -0.15) is 0 Å². The third kappa shape index (κ3) is 4.75. The monoisotopic (exact) mass is 326 g/mol. The van der Waals surface area contributed by atoms with E-state index in [2.05, 4.69) is 42.7 Å². The van der Waals surface area contributed by atoms with Crippen LogP contribution in [0.15, 0.2) is 42.5 Å². The molecule has 2 N–H and O–H groups in total. The van der Waals surface area contributed by atoms with E-state index < -0.39 is 0 Å². The predicted octanol–water partition coefficient (Wildman–Crippen LogP) is 4.26. The summed E-state index contributed by atoms with van der Waals surface area (Å²) in [5.41, 5.74) is 4.52. The number of hydrogen-bond donors (Lipinski definition) is 2. The van der Waals surface area contributed by atoms with Crippen molar-refractivity contribution in [1.82, 2.24) is 0 Å². The first-order valence-electron chi connectivity index (χ1n) is 8.46. The molecule has 0 fully saturated rings. The van der Waals surface area contributed by atoms with E-state index in [9.17, 15) is 4.79 Å². The van der Waals surface area contributed by atoms with Gasteiger partial charge in [-0.15, -0.1) is 0 Å². The van der Waals surface area contributed by atoms with Crippen LogP contribution in [-0.2, 0) is 17.6 Å². The van der Waals surface area contributed by atoms with Gasteiger partial charge in [0.05, 0.1) is 7.11 Å². The molecule has 0 saturated heterocycles. The van der Waals surface area contributed by atoms with Crippen molar-refractivity contribution in [2.75, 3.05) is 24.3 Å². The largest absolute Gasteiger partial charge is 0.497 e. The molecule has 128 valence electrons. The van der Waals surface area contributed by atoms with Crippen LogP contribution in [0.3, 0.4) is 0 Å². The molecule has 0 unspecified atom stereocenters. The molecule has 0 spiro atoms. The molecule has 2 aromatic carbocycles. The van der Waals surface area contributed by atoms with Crippen molar-refractivity contribution in [3.8, 4) is 5.75 Å². The van der Waals surface area contributed by atoms with Crippen LogP contribution in [-0.4, -0.2) is 19.6 Å². The zero-order chi connectivity index (χ0) is 17.4. The lowest BCUT2D eigenvalue weighted by Crippen LogP contribution is -2.17. The summed E-state index contributed by atoms with van der Waals surface area (Å²) in [5.74, 6) is 0.721. The Morgan fingerprint density at radius 1 is 1.04 bits per heavy atom. The molecule has 0 aliphatic heterocycles. The van der Waals surface area contributed by atoms with Gasteiger partial charge in [-0.05, 0) is 36.1 Å². The second-order valence-electron chi connectivity index (χ2n) is 5.62. The quantitative estimate of drug-likeness (QED) is 0.762. The number of rotatable bonds is 8. The lowest BCUT2D eigenvalue weighted by molar-refractivity contribution is -0.115. The average Bonchev–Trinajstić information content (AvgIpc) is 2.61. The number of anilines is 2. The third-order valence-electron chi connectivity index (χ3n) is 4.01. The van der Waals surface area contributed by atoms with Gasteiger partial charge in [0.1, 0.15) is 5.75 Å². The molecule has 0 aliphatic carbocycles. The fourth-order valence-electron chi connectivity index (χ4n) is 2.69. The van der Waals surface area contributed by atoms with Gasteiger partial charge in [-0.1, -0.05) is 38.1 Å². The van der Waals surface area contributed by atoms with Crippen LogP contribution >= 0.6 is 0 Å². The molecule has 1 amide bonds. The van der Waals surface area contributed by atoms with E-state index in [0.717, 1.165) is 24.3 Å². The number of amides is 1. The van der Waals surface area contributed by atoms with E-state index in [0.29, 0.717) is 13.0 Å². The van der Waals surface area contributed by atoms with E-state index in [1.807, 2.05) is 24.3 Å². The van der Waals surface area contributed by atoms with Gasteiger partial charge in [0.15, 0.2) is 0 Å². The predicted molar refractivity (Wildman–Crippen MR) is 99.9 cm³/mol. The third-order valence-corrected chi connectivity index (χ3v) is 4.01. The highest BCUT2D eigenvalue weighted by molar-refractivity contribution is 5.91. The first kappa shape index (κ1) is 17.9. The van der Waals surface area contributed by atoms with Gasteiger partial charge in [0, 0.05) is 30.4 Å². The summed E-state index contributed by atoms with van der Waals surface area (Å²) in [6, 6.07) is 13.7. The van der Waals surface area contributed by atoms with Gasteiger partial charge in [0.2, 0.25) is 5.91 Å². The first-order chi connectivity index (χ1) is 11.7. The molecule has 0 aliphatic rings. The average molecular weight is 326 g/mol. The minimum absolute atomic E-state index is 0.0113. The normalized spacial score (nSPS) is 10.3. The number of benzene rings is 2. The standard InChI is InChI=1S/C20H26N2O2/c1-4-15-8-6-9-16(5-2)20(15)21-13-12-19(23)22-17-10-7-11-18(14-17)24-3/h6-11,14,21H,4-5,12-13H2,1-3H3,(H,22,23). The van der Waals surface area contributed by atoms with Crippen molar-refractivity contribution < 1.29 is 9.53 Å². The zero-order valence-corrected chi connectivity index (χ0v) is 14.7. The minimum Gasteiger partial charge on any atom is -0.497 e. The minimum atomic E-state index is -0.0113. The highest BCUT2D eigenvalue weighted by Crippen LogP contribution is 2.22. The van der Waals surface area contributed by atoms with Crippen LogP contribution in [0.25, 0.3) is 0 Å².